The van der Waals surface area contributed by atoms with Gasteiger partial charge in [0.25, 0.3) is 0 Å². The molecule has 0 aliphatic heterocycles. The summed E-state index contributed by atoms with van der Waals surface area (Å²) in [6.07, 6.45) is 0. The molecule has 19 heavy (non-hydrogen) atoms. The topological polar surface area (TPSA) is 46.3 Å². The van der Waals surface area contributed by atoms with Gasteiger partial charge in [-0.15, -0.1) is 0 Å². The fourth-order valence-corrected chi connectivity index (χ4v) is 2.07. The lowest BCUT2D eigenvalue weighted by Gasteiger charge is -2.23. The van der Waals surface area contributed by atoms with Gasteiger partial charge in [-0.25, -0.2) is 0 Å². The van der Waals surface area contributed by atoms with Gasteiger partial charge < -0.3 is 10.6 Å². The number of benzene rings is 2. The number of rotatable bonds is 5. The minimum atomic E-state index is -0.385. The minimum absolute atomic E-state index is 0.385. The molecule has 2 aromatic rings. The maximum Gasteiger partial charge on any atom is 0.248 e. The first-order valence-corrected chi connectivity index (χ1v) is 6.39. The van der Waals surface area contributed by atoms with Gasteiger partial charge in [-0.1, -0.05) is 30.3 Å². The van der Waals surface area contributed by atoms with Crippen LogP contribution in [0.5, 0.6) is 0 Å². The lowest BCUT2D eigenvalue weighted by Crippen LogP contribution is -2.22. The highest BCUT2D eigenvalue weighted by Crippen LogP contribution is 2.17. The number of nitrogens with zero attached hydrogens (tertiary/aromatic N) is 1. The molecule has 98 valence electrons. The number of hydrogen-bond acceptors (Lipinski definition) is 2. The molecule has 2 aromatic carbocycles. The molecule has 0 saturated heterocycles. The number of para-hydroxylation sites is 1. The first-order chi connectivity index (χ1) is 9.20. The van der Waals surface area contributed by atoms with Crippen molar-refractivity contribution in [3.63, 3.8) is 0 Å². The molecule has 0 atom stereocenters. The normalized spacial score (nSPS) is 10.2. The van der Waals surface area contributed by atoms with Gasteiger partial charge >= 0.3 is 0 Å². The lowest BCUT2D eigenvalue weighted by atomic mass is 10.1. The summed E-state index contributed by atoms with van der Waals surface area (Å²) in [5, 5.41) is 0. The summed E-state index contributed by atoms with van der Waals surface area (Å²) >= 11 is 0. The molecule has 1 amide bonds. The molecule has 3 heteroatoms. The highest BCUT2D eigenvalue weighted by molar-refractivity contribution is 5.92. The second-order valence-electron chi connectivity index (χ2n) is 4.41. The number of carbonyl (C=O) groups is 1. The van der Waals surface area contributed by atoms with E-state index in [1.165, 1.54) is 5.69 Å². The van der Waals surface area contributed by atoms with Crippen molar-refractivity contribution in [2.24, 2.45) is 5.73 Å². The second-order valence-corrected chi connectivity index (χ2v) is 4.41. The van der Waals surface area contributed by atoms with E-state index in [2.05, 4.69) is 24.0 Å². The molecule has 2 rings (SSSR count). The summed E-state index contributed by atoms with van der Waals surface area (Å²) < 4.78 is 0. The molecule has 2 N–H and O–H groups in total. The van der Waals surface area contributed by atoms with E-state index in [1.807, 2.05) is 36.4 Å². The Morgan fingerprint density at radius 2 is 1.84 bits per heavy atom. The van der Waals surface area contributed by atoms with Crippen LogP contribution in [0.4, 0.5) is 5.69 Å². The molecule has 0 aliphatic carbocycles. The number of anilines is 1. The lowest BCUT2D eigenvalue weighted by molar-refractivity contribution is 0.1000. The van der Waals surface area contributed by atoms with Crippen LogP contribution in [0.1, 0.15) is 22.8 Å². The van der Waals surface area contributed by atoms with Gasteiger partial charge in [0, 0.05) is 24.3 Å². The van der Waals surface area contributed by atoms with Crippen molar-refractivity contribution in [2.75, 3.05) is 11.4 Å². The van der Waals surface area contributed by atoms with Crippen LogP contribution in [0.15, 0.2) is 54.6 Å². The molecular weight excluding hydrogens is 236 g/mol. The number of carbonyl (C=O) groups excluding carboxylic acids is 1. The molecule has 3 nitrogen and oxygen atoms in total. The zero-order chi connectivity index (χ0) is 13.7. The van der Waals surface area contributed by atoms with Gasteiger partial charge in [-0.05, 0) is 36.8 Å². The Kier molecular flexibility index (Phi) is 4.18. The molecule has 0 unspecified atom stereocenters. The van der Waals surface area contributed by atoms with E-state index in [-0.39, 0.29) is 5.91 Å². The second kappa shape index (κ2) is 6.05. The maximum atomic E-state index is 11.2. The van der Waals surface area contributed by atoms with Crippen molar-refractivity contribution in [1.82, 2.24) is 0 Å². The van der Waals surface area contributed by atoms with Gasteiger partial charge in [-0.3, -0.25) is 4.79 Å². The van der Waals surface area contributed by atoms with Gasteiger partial charge in [-0.2, -0.15) is 0 Å². The molecule has 0 radical (unpaired) electrons. The summed E-state index contributed by atoms with van der Waals surface area (Å²) in [6, 6.07) is 17.7. The van der Waals surface area contributed by atoms with Gasteiger partial charge in [0.2, 0.25) is 5.91 Å². The third-order valence-corrected chi connectivity index (χ3v) is 3.09. The van der Waals surface area contributed by atoms with Crippen LogP contribution < -0.4 is 10.6 Å². The fourth-order valence-electron chi connectivity index (χ4n) is 2.07. The Labute approximate surface area is 113 Å². The van der Waals surface area contributed by atoms with Crippen molar-refractivity contribution in [3.8, 4) is 0 Å². The van der Waals surface area contributed by atoms with E-state index < -0.39 is 0 Å². The SMILES string of the molecule is CCN(Cc1cccc(C(N)=O)c1)c1ccccc1. The quantitative estimate of drug-likeness (QED) is 0.891. The fraction of sp³-hybridized carbons (Fsp3) is 0.188. The third-order valence-electron chi connectivity index (χ3n) is 3.09. The monoisotopic (exact) mass is 254 g/mol. The molecular formula is C16H18N2O. The zero-order valence-corrected chi connectivity index (χ0v) is 11.0. The summed E-state index contributed by atoms with van der Waals surface area (Å²) in [4.78, 5) is 13.4. The van der Waals surface area contributed by atoms with Crippen LogP contribution >= 0.6 is 0 Å². The van der Waals surface area contributed by atoms with Crippen molar-refractivity contribution in [1.29, 1.82) is 0 Å². The number of nitrogens with two attached hydrogens (primary N) is 1. The first-order valence-electron chi connectivity index (χ1n) is 6.39. The van der Waals surface area contributed by atoms with Crippen molar-refractivity contribution < 1.29 is 4.79 Å². The van der Waals surface area contributed by atoms with E-state index >= 15 is 0 Å². The van der Waals surface area contributed by atoms with Gasteiger partial charge in [0.05, 0.1) is 0 Å². The highest BCUT2D eigenvalue weighted by atomic mass is 16.1. The van der Waals surface area contributed by atoms with Crippen LogP contribution in [0.2, 0.25) is 0 Å². The number of hydrogen-bond donors (Lipinski definition) is 1. The van der Waals surface area contributed by atoms with Crippen LogP contribution in [0, 0.1) is 0 Å². The number of amides is 1. The predicted octanol–water partition coefficient (Wildman–Crippen LogP) is 2.81. The molecule has 0 aromatic heterocycles. The van der Waals surface area contributed by atoms with Crippen LogP contribution in [0.25, 0.3) is 0 Å². The van der Waals surface area contributed by atoms with Crippen molar-refractivity contribution in [2.45, 2.75) is 13.5 Å². The Morgan fingerprint density at radius 1 is 1.11 bits per heavy atom. The predicted molar refractivity (Wildman–Crippen MR) is 78.1 cm³/mol. The van der Waals surface area contributed by atoms with Gasteiger partial charge in [0.15, 0.2) is 0 Å². The maximum absolute atomic E-state index is 11.2. The van der Waals surface area contributed by atoms with E-state index in [0.29, 0.717) is 5.56 Å². The smallest absolute Gasteiger partial charge is 0.248 e. The Morgan fingerprint density at radius 3 is 2.47 bits per heavy atom. The average molecular weight is 254 g/mol. The van der Waals surface area contributed by atoms with Crippen molar-refractivity contribution >= 4 is 11.6 Å². The van der Waals surface area contributed by atoms with Crippen LogP contribution in [0.3, 0.4) is 0 Å². The van der Waals surface area contributed by atoms with Gasteiger partial charge in [0.1, 0.15) is 0 Å². The average Bonchev–Trinajstić information content (AvgIpc) is 2.46. The summed E-state index contributed by atoms with van der Waals surface area (Å²) in [7, 11) is 0. The molecule has 0 bridgehead atoms. The Balaban J connectivity index is 2.19. The molecule has 0 saturated carbocycles. The minimum Gasteiger partial charge on any atom is -0.367 e. The standard InChI is InChI=1S/C16H18N2O/c1-2-18(15-9-4-3-5-10-15)12-13-7-6-8-14(11-13)16(17)19/h3-11H,2,12H2,1H3,(H2,17,19). The Hall–Kier alpha value is -2.29. The highest BCUT2D eigenvalue weighted by Gasteiger charge is 2.06. The third kappa shape index (κ3) is 3.35. The first kappa shape index (κ1) is 13.1. The van der Waals surface area contributed by atoms with Crippen molar-refractivity contribution in [3.05, 3.63) is 65.7 Å². The van der Waals surface area contributed by atoms with Crippen LogP contribution in [-0.4, -0.2) is 12.5 Å². The number of primary amides is 1. The molecule has 0 spiro atoms. The van der Waals surface area contributed by atoms with E-state index in [0.717, 1.165) is 18.7 Å². The molecule has 0 fully saturated rings. The van der Waals surface area contributed by atoms with E-state index in [1.54, 1.807) is 6.07 Å². The summed E-state index contributed by atoms with van der Waals surface area (Å²) in [6.45, 7) is 3.79. The van der Waals surface area contributed by atoms with E-state index in [9.17, 15) is 4.79 Å². The molecule has 0 aliphatic rings. The zero-order valence-electron chi connectivity index (χ0n) is 11.0. The summed E-state index contributed by atoms with van der Waals surface area (Å²) in [5.41, 5.74) is 8.12. The Bertz CT molecular complexity index is 552. The summed E-state index contributed by atoms with van der Waals surface area (Å²) in [5.74, 6) is -0.385. The van der Waals surface area contributed by atoms with E-state index in [4.69, 9.17) is 5.73 Å². The van der Waals surface area contributed by atoms with Crippen LogP contribution in [-0.2, 0) is 6.54 Å². The largest absolute Gasteiger partial charge is 0.367 e. The molecule has 0 heterocycles.